The third-order valence-corrected chi connectivity index (χ3v) is 6.67. The number of likely N-dealkylation sites (N-methyl/N-ethyl adjacent to an activating group) is 1. The summed E-state index contributed by atoms with van der Waals surface area (Å²) in [6, 6.07) is 15.0. The first-order valence-corrected chi connectivity index (χ1v) is 11.0. The predicted molar refractivity (Wildman–Crippen MR) is 120 cm³/mol. The zero-order valence-electron chi connectivity index (χ0n) is 17.7. The highest BCUT2D eigenvalue weighted by atomic mass is 35.5. The van der Waals surface area contributed by atoms with Gasteiger partial charge in [0, 0.05) is 30.8 Å². The van der Waals surface area contributed by atoms with Crippen LogP contribution in [-0.4, -0.2) is 65.3 Å². The summed E-state index contributed by atoms with van der Waals surface area (Å²) in [6.45, 7) is 4.00. The number of rotatable bonds is 3. The molecule has 3 aliphatic heterocycles. The number of carbonyl (C=O) groups excluding carboxylic acids is 2. The fraction of sp³-hybridized carbons (Fsp3) is 0.391. The molecule has 3 atom stereocenters. The van der Waals surface area contributed by atoms with Gasteiger partial charge in [0.05, 0.1) is 6.54 Å². The fourth-order valence-corrected chi connectivity index (χ4v) is 5.17. The van der Waals surface area contributed by atoms with Gasteiger partial charge in [-0.1, -0.05) is 35.9 Å². The van der Waals surface area contributed by atoms with Gasteiger partial charge in [0.15, 0.2) is 0 Å². The molecule has 3 heterocycles. The van der Waals surface area contributed by atoms with Crippen LogP contribution in [0.3, 0.4) is 0 Å². The monoisotopic (exact) mass is 439 g/mol. The average Bonchev–Trinajstić information content (AvgIpc) is 3.15. The molecule has 0 radical (unpaired) electrons. The summed E-state index contributed by atoms with van der Waals surface area (Å²) in [6.07, 6.45) is 0.469. The summed E-state index contributed by atoms with van der Waals surface area (Å²) in [5, 5.41) is 4.15. The predicted octanol–water partition coefficient (Wildman–Crippen LogP) is 2.84. The van der Waals surface area contributed by atoms with E-state index in [0.29, 0.717) is 5.02 Å². The first kappa shape index (κ1) is 20.3. The van der Waals surface area contributed by atoms with E-state index >= 15 is 0 Å². The molecule has 0 spiro atoms. The molecule has 0 aromatic heterocycles. The summed E-state index contributed by atoms with van der Waals surface area (Å²) >= 11 is 6.11. The van der Waals surface area contributed by atoms with Crippen LogP contribution in [0.15, 0.2) is 48.5 Å². The number of halogens is 1. The Bertz CT molecular complexity index is 1030. The van der Waals surface area contributed by atoms with Gasteiger partial charge in [-0.05, 0) is 48.7 Å². The maximum Gasteiger partial charge on any atom is 0.328 e. The minimum atomic E-state index is -0.417. The molecule has 2 aromatic carbocycles. The largest absolute Gasteiger partial charge is 0.343 e. The number of fused-ring (bicyclic) bond motifs is 3. The summed E-state index contributed by atoms with van der Waals surface area (Å²) in [5.74, 6) is -0.158. The lowest BCUT2D eigenvalue weighted by molar-refractivity contribution is -0.139. The van der Waals surface area contributed by atoms with Crippen LogP contribution in [0.2, 0.25) is 5.02 Å². The highest BCUT2D eigenvalue weighted by molar-refractivity contribution is 6.30. The van der Waals surface area contributed by atoms with Gasteiger partial charge in [-0.3, -0.25) is 19.9 Å². The number of amides is 3. The molecule has 31 heavy (non-hydrogen) atoms. The summed E-state index contributed by atoms with van der Waals surface area (Å²) in [5.41, 5.74) is 3.16. The normalized spacial score (nSPS) is 26.3. The molecule has 162 valence electrons. The molecule has 8 heteroatoms. The van der Waals surface area contributed by atoms with E-state index in [2.05, 4.69) is 46.3 Å². The van der Waals surface area contributed by atoms with Gasteiger partial charge in [0.1, 0.15) is 18.5 Å². The lowest BCUT2D eigenvalue weighted by Crippen LogP contribution is -2.66. The fourth-order valence-electron chi connectivity index (χ4n) is 4.95. The molecule has 2 aromatic rings. The second kappa shape index (κ2) is 7.82. The van der Waals surface area contributed by atoms with Crippen molar-refractivity contribution in [2.24, 2.45) is 0 Å². The number of anilines is 1. The molecule has 0 bridgehead atoms. The van der Waals surface area contributed by atoms with Crippen molar-refractivity contribution < 1.29 is 9.59 Å². The van der Waals surface area contributed by atoms with E-state index in [1.165, 1.54) is 10.5 Å². The SMILES string of the molecule is Cc1cccc(N2CCCN3C4C(=O)N(Cc5cccc(Cl)c5)C(=O)N(C)C4NC23)c1. The topological polar surface area (TPSA) is 59.1 Å². The first-order valence-electron chi connectivity index (χ1n) is 10.6. The zero-order chi connectivity index (χ0) is 21.7. The smallest absolute Gasteiger partial charge is 0.328 e. The van der Waals surface area contributed by atoms with E-state index in [1.807, 2.05) is 12.1 Å². The highest BCUT2D eigenvalue weighted by Gasteiger charge is 2.56. The Morgan fingerprint density at radius 1 is 1.10 bits per heavy atom. The molecule has 3 saturated heterocycles. The number of nitrogens with one attached hydrogen (secondary N) is 1. The van der Waals surface area contributed by atoms with E-state index in [-0.39, 0.29) is 30.9 Å². The van der Waals surface area contributed by atoms with E-state index in [0.717, 1.165) is 30.8 Å². The second-order valence-corrected chi connectivity index (χ2v) is 8.94. The average molecular weight is 440 g/mol. The van der Waals surface area contributed by atoms with Crippen molar-refractivity contribution in [1.29, 1.82) is 0 Å². The van der Waals surface area contributed by atoms with Crippen LogP contribution in [0.4, 0.5) is 10.5 Å². The first-order chi connectivity index (χ1) is 14.9. The number of hydrogen-bond acceptors (Lipinski definition) is 5. The Morgan fingerprint density at radius 2 is 1.90 bits per heavy atom. The quantitative estimate of drug-likeness (QED) is 0.797. The number of nitrogens with zero attached hydrogens (tertiary/aromatic N) is 4. The minimum absolute atomic E-state index is 0.129. The Hall–Kier alpha value is -2.61. The number of hydrogen-bond donors (Lipinski definition) is 1. The highest BCUT2D eigenvalue weighted by Crippen LogP contribution is 2.33. The Kier molecular flexibility index (Phi) is 5.12. The third-order valence-electron chi connectivity index (χ3n) is 6.43. The summed E-state index contributed by atoms with van der Waals surface area (Å²) in [4.78, 5) is 34.1. The summed E-state index contributed by atoms with van der Waals surface area (Å²) < 4.78 is 0. The maximum absolute atomic E-state index is 13.5. The molecule has 3 unspecified atom stereocenters. The van der Waals surface area contributed by atoms with Crippen LogP contribution in [-0.2, 0) is 11.3 Å². The molecular formula is C23H26ClN5O2. The van der Waals surface area contributed by atoms with Gasteiger partial charge in [-0.15, -0.1) is 0 Å². The number of imide groups is 1. The van der Waals surface area contributed by atoms with E-state index < -0.39 is 6.04 Å². The molecule has 1 N–H and O–H groups in total. The van der Waals surface area contributed by atoms with Gasteiger partial charge in [0.2, 0.25) is 0 Å². The minimum Gasteiger partial charge on any atom is -0.343 e. The standard InChI is InChI=1S/C23H26ClN5O2/c1-15-6-3-9-18(12-15)27-10-5-11-28-19-20(25-22(27)28)26(2)23(31)29(21(19)30)14-16-7-4-8-17(24)13-16/h3-4,6-9,12-13,19-20,22,25H,5,10-11,14H2,1-2H3. The van der Waals surface area contributed by atoms with Crippen molar-refractivity contribution in [1.82, 2.24) is 20.0 Å². The molecule has 0 saturated carbocycles. The molecule has 3 amide bonds. The third kappa shape index (κ3) is 3.46. The molecule has 7 nitrogen and oxygen atoms in total. The Morgan fingerprint density at radius 3 is 2.68 bits per heavy atom. The van der Waals surface area contributed by atoms with E-state index in [1.54, 1.807) is 24.1 Å². The number of carbonyl (C=O) groups is 2. The number of urea groups is 1. The van der Waals surface area contributed by atoms with Crippen molar-refractivity contribution in [3.8, 4) is 0 Å². The van der Waals surface area contributed by atoms with Gasteiger partial charge < -0.3 is 9.80 Å². The van der Waals surface area contributed by atoms with Crippen molar-refractivity contribution in [3.05, 3.63) is 64.7 Å². The number of aryl methyl sites for hydroxylation is 1. The van der Waals surface area contributed by atoms with Crippen LogP contribution in [0.5, 0.6) is 0 Å². The van der Waals surface area contributed by atoms with Crippen LogP contribution < -0.4 is 10.2 Å². The van der Waals surface area contributed by atoms with Crippen molar-refractivity contribution >= 4 is 29.2 Å². The van der Waals surface area contributed by atoms with Crippen LogP contribution in [0.25, 0.3) is 0 Å². The molecule has 3 aliphatic rings. The van der Waals surface area contributed by atoms with Gasteiger partial charge in [0.25, 0.3) is 5.91 Å². The van der Waals surface area contributed by atoms with Crippen molar-refractivity contribution in [2.75, 3.05) is 25.0 Å². The number of benzene rings is 2. The van der Waals surface area contributed by atoms with Crippen LogP contribution in [0, 0.1) is 6.92 Å². The molecule has 5 rings (SSSR count). The van der Waals surface area contributed by atoms with Crippen LogP contribution in [0.1, 0.15) is 17.5 Å². The van der Waals surface area contributed by atoms with Crippen molar-refractivity contribution in [2.45, 2.75) is 38.4 Å². The molecule has 0 aliphatic carbocycles. The van der Waals surface area contributed by atoms with Gasteiger partial charge in [-0.2, -0.15) is 0 Å². The lowest BCUT2D eigenvalue weighted by Gasteiger charge is -2.44. The zero-order valence-corrected chi connectivity index (χ0v) is 18.4. The Labute approximate surface area is 187 Å². The second-order valence-electron chi connectivity index (χ2n) is 8.50. The van der Waals surface area contributed by atoms with E-state index in [9.17, 15) is 9.59 Å². The Balaban J connectivity index is 1.44. The molecular weight excluding hydrogens is 414 g/mol. The van der Waals surface area contributed by atoms with Gasteiger partial charge in [-0.25, -0.2) is 4.79 Å². The van der Waals surface area contributed by atoms with Gasteiger partial charge >= 0.3 is 6.03 Å². The summed E-state index contributed by atoms with van der Waals surface area (Å²) in [7, 11) is 1.76. The van der Waals surface area contributed by atoms with Crippen molar-refractivity contribution in [3.63, 3.8) is 0 Å². The van der Waals surface area contributed by atoms with E-state index in [4.69, 9.17) is 11.6 Å². The maximum atomic E-state index is 13.5. The molecule has 3 fully saturated rings. The lowest BCUT2D eigenvalue weighted by atomic mass is 10.1. The van der Waals surface area contributed by atoms with Crippen LogP contribution >= 0.6 is 11.6 Å².